The maximum Gasteiger partial charge on any atom is 0.251 e. The first kappa shape index (κ1) is 13.0. The van der Waals surface area contributed by atoms with Gasteiger partial charge in [-0.15, -0.1) is 11.8 Å². The van der Waals surface area contributed by atoms with Crippen LogP contribution in [0.4, 0.5) is 0 Å². The van der Waals surface area contributed by atoms with E-state index >= 15 is 0 Å². The molecule has 94 valence electrons. The van der Waals surface area contributed by atoms with E-state index in [-0.39, 0.29) is 10.8 Å². The van der Waals surface area contributed by atoms with Crippen LogP contribution in [0, 0.1) is 0 Å². The molecule has 2 rings (SSSR count). The Kier molecular flexibility index (Phi) is 4.17. The SMILES string of the molecule is CC1SCC(c2nc(CN)cc(=O)[nH]2)SC1C. The van der Waals surface area contributed by atoms with Crippen LogP contribution in [0.5, 0.6) is 0 Å². The molecule has 0 amide bonds. The Morgan fingerprint density at radius 3 is 2.94 bits per heavy atom. The zero-order chi connectivity index (χ0) is 12.4. The largest absolute Gasteiger partial charge is 0.325 e. The predicted molar refractivity (Wildman–Crippen MR) is 74.5 cm³/mol. The van der Waals surface area contributed by atoms with Crippen molar-refractivity contribution in [3.63, 3.8) is 0 Å². The number of thioether (sulfide) groups is 2. The molecule has 0 aliphatic carbocycles. The van der Waals surface area contributed by atoms with Crippen molar-refractivity contribution in [2.45, 2.75) is 36.1 Å². The fourth-order valence-corrected chi connectivity index (χ4v) is 4.58. The Labute approximate surface area is 109 Å². The van der Waals surface area contributed by atoms with Gasteiger partial charge in [0.1, 0.15) is 5.82 Å². The molecule has 6 heteroatoms. The number of aromatic nitrogens is 2. The zero-order valence-corrected chi connectivity index (χ0v) is 11.6. The Morgan fingerprint density at radius 2 is 2.29 bits per heavy atom. The van der Waals surface area contributed by atoms with E-state index in [0.717, 1.165) is 11.6 Å². The van der Waals surface area contributed by atoms with E-state index in [9.17, 15) is 4.79 Å². The third-order valence-corrected chi connectivity index (χ3v) is 6.28. The molecule has 0 bridgehead atoms. The monoisotopic (exact) mass is 271 g/mol. The van der Waals surface area contributed by atoms with Gasteiger partial charge in [-0.2, -0.15) is 11.8 Å². The Balaban J connectivity index is 2.22. The molecular formula is C11H17N3OS2. The van der Waals surface area contributed by atoms with Crippen molar-refractivity contribution in [3.05, 3.63) is 27.9 Å². The summed E-state index contributed by atoms with van der Waals surface area (Å²) in [6, 6.07) is 1.47. The average Bonchev–Trinajstić information content (AvgIpc) is 2.32. The number of H-pyrrole nitrogens is 1. The van der Waals surface area contributed by atoms with Crippen LogP contribution in [0.25, 0.3) is 0 Å². The maximum atomic E-state index is 11.5. The molecule has 0 aromatic carbocycles. The van der Waals surface area contributed by atoms with Crippen molar-refractivity contribution < 1.29 is 0 Å². The highest BCUT2D eigenvalue weighted by Crippen LogP contribution is 2.42. The van der Waals surface area contributed by atoms with Crippen LogP contribution in [-0.2, 0) is 6.54 Å². The van der Waals surface area contributed by atoms with Gasteiger partial charge in [0.2, 0.25) is 0 Å². The second-order valence-corrected chi connectivity index (χ2v) is 7.19. The van der Waals surface area contributed by atoms with Crippen LogP contribution >= 0.6 is 23.5 Å². The number of hydrogen-bond donors (Lipinski definition) is 2. The topological polar surface area (TPSA) is 71.8 Å². The van der Waals surface area contributed by atoms with Gasteiger partial charge in [-0.3, -0.25) is 4.79 Å². The van der Waals surface area contributed by atoms with Crippen molar-refractivity contribution in [1.29, 1.82) is 0 Å². The van der Waals surface area contributed by atoms with E-state index < -0.39 is 0 Å². The van der Waals surface area contributed by atoms with Gasteiger partial charge in [0, 0.05) is 28.9 Å². The van der Waals surface area contributed by atoms with Crippen LogP contribution in [-0.4, -0.2) is 26.2 Å². The van der Waals surface area contributed by atoms with Gasteiger partial charge >= 0.3 is 0 Å². The van der Waals surface area contributed by atoms with Crippen LogP contribution < -0.4 is 11.3 Å². The lowest BCUT2D eigenvalue weighted by Gasteiger charge is -2.30. The van der Waals surface area contributed by atoms with E-state index in [0.29, 0.717) is 22.7 Å². The zero-order valence-electron chi connectivity index (χ0n) is 9.97. The summed E-state index contributed by atoms with van der Waals surface area (Å²) in [4.78, 5) is 18.7. The van der Waals surface area contributed by atoms with Gasteiger partial charge in [0.15, 0.2) is 0 Å². The molecule has 4 nitrogen and oxygen atoms in total. The number of aromatic amines is 1. The second-order valence-electron chi connectivity index (χ2n) is 4.19. The molecule has 17 heavy (non-hydrogen) atoms. The highest BCUT2D eigenvalue weighted by Gasteiger charge is 2.28. The minimum Gasteiger partial charge on any atom is -0.325 e. The molecule has 1 aromatic heterocycles. The lowest BCUT2D eigenvalue weighted by molar-refractivity contribution is 0.827. The molecule has 1 saturated heterocycles. The van der Waals surface area contributed by atoms with Gasteiger partial charge in [-0.1, -0.05) is 13.8 Å². The highest BCUT2D eigenvalue weighted by molar-refractivity contribution is 8.07. The molecule has 1 aliphatic heterocycles. The first-order valence-electron chi connectivity index (χ1n) is 5.67. The lowest BCUT2D eigenvalue weighted by Crippen LogP contribution is -2.25. The second kappa shape index (κ2) is 5.46. The molecule has 3 atom stereocenters. The fraction of sp³-hybridized carbons (Fsp3) is 0.636. The van der Waals surface area contributed by atoms with Crippen LogP contribution in [0.2, 0.25) is 0 Å². The molecule has 3 N–H and O–H groups in total. The molecule has 1 aliphatic rings. The van der Waals surface area contributed by atoms with Crippen molar-refractivity contribution in [1.82, 2.24) is 9.97 Å². The molecule has 1 aromatic rings. The van der Waals surface area contributed by atoms with Gasteiger partial charge in [0.05, 0.1) is 10.9 Å². The van der Waals surface area contributed by atoms with Crippen molar-refractivity contribution in [3.8, 4) is 0 Å². The average molecular weight is 271 g/mol. The van der Waals surface area contributed by atoms with Crippen LogP contribution in [0.3, 0.4) is 0 Å². The van der Waals surface area contributed by atoms with E-state index in [2.05, 4.69) is 23.8 Å². The summed E-state index contributed by atoms with van der Waals surface area (Å²) in [6.07, 6.45) is 0. The Bertz CT molecular complexity index is 449. The maximum absolute atomic E-state index is 11.5. The summed E-state index contributed by atoms with van der Waals surface area (Å²) in [6.45, 7) is 4.78. The Morgan fingerprint density at radius 1 is 1.53 bits per heavy atom. The van der Waals surface area contributed by atoms with Crippen LogP contribution in [0.15, 0.2) is 10.9 Å². The van der Waals surface area contributed by atoms with Gasteiger partial charge in [0.25, 0.3) is 5.56 Å². The summed E-state index contributed by atoms with van der Waals surface area (Å²) in [5.41, 5.74) is 6.10. The van der Waals surface area contributed by atoms with Gasteiger partial charge in [-0.05, 0) is 0 Å². The van der Waals surface area contributed by atoms with Crippen molar-refractivity contribution >= 4 is 23.5 Å². The first-order chi connectivity index (χ1) is 8.10. The predicted octanol–water partition coefficient (Wildman–Crippen LogP) is 1.53. The van der Waals surface area contributed by atoms with Crippen molar-refractivity contribution in [2.24, 2.45) is 5.73 Å². The van der Waals surface area contributed by atoms with Crippen LogP contribution in [0.1, 0.15) is 30.6 Å². The Hall–Kier alpha value is -0.460. The standard InChI is InChI=1S/C11H17N3OS2/c1-6-7(2)17-9(5-16-6)11-13-8(4-12)3-10(15)14-11/h3,6-7,9H,4-5,12H2,1-2H3,(H,13,14,15). The minimum absolute atomic E-state index is 0.104. The number of nitrogens with zero attached hydrogens (tertiary/aromatic N) is 1. The molecule has 0 radical (unpaired) electrons. The summed E-state index contributed by atoms with van der Waals surface area (Å²) < 4.78 is 0. The normalized spacial score (nSPS) is 29.2. The number of nitrogens with two attached hydrogens (primary N) is 1. The van der Waals surface area contributed by atoms with Gasteiger partial charge in [-0.25, -0.2) is 4.98 Å². The number of hydrogen-bond acceptors (Lipinski definition) is 5. The third-order valence-electron chi connectivity index (χ3n) is 2.88. The summed E-state index contributed by atoms with van der Waals surface area (Å²) >= 11 is 3.82. The third kappa shape index (κ3) is 3.05. The van der Waals surface area contributed by atoms with E-state index in [4.69, 9.17) is 5.73 Å². The quantitative estimate of drug-likeness (QED) is 0.853. The molecule has 0 saturated carbocycles. The first-order valence-corrected chi connectivity index (χ1v) is 7.66. The fourth-order valence-electron chi connectivity index (χ4n) is 1.71. The summed E-state index contributed by atoms with van der Waals surface area (Å²) in [5, 5.41) is 1.50. The molecule has 2 heterocycles. The summed E-state index contributed by atoms with van der Waals surface area (Å²) in [7, 11) is 0. The van der Waals surface area contributed by atoms with E-state index in [1.165, 1.54) is 6.07 Å². The highest BCUT2D eigenvalue weighted by atomic mass is 32.2. The molecule has 0 spiro atoms. The number of rotatable bonds is 2. The summed E-state index contributed by atoms with van der Waals surface area (Å²) in [5.74, 6) is 1.77. The van der Waals surface area contributed by atoms with E-state index in [1.807, 2.05) is 23.5 Å². The molecule has 3 unspecified atom stereocenters. The smallest absolute Gasteiger partial charge is 0.251 e. The van der Waals surface area contributed by atoms with Gasteiger partial charge < -0.3 is 10.7 Å². The lowest BCUT2D eigenvalue weighted by atomic mass is 10.3. The molecular weight excluding hydrogens is 254 g/mol. The molecule has 1 fully saturated rings. The number of nitrogens with one attached hydrogen (secondary N) is 1. The minimum atomic E-state index is -0.104. The van der Waals surface area contributed by atoms with E-state index in [1.54, 1.807) is 0 Å². The van der Waals surface area contributed by atoms with Crippen molar-refractivity contribution in [2.75, 3.05) is 5.75 Å².